The first-order valence-electron chi connectivity index (χ1n) is 8.04. The van der Waals surface area contributed by atoms with Crippen LogP contribution in [-0.4, -0.2) is 40.1 Å². The van der Waals surface area contributed by atoms with Crippen LogP contribution in [0.4, 0.5) is 10.6 Å². The van der Waals surface area contributed by atoms with E-state index in [0.29, 0.717) is 18.4 Å². The van der Waals surface area contributed by atoms with E-state index in [2.05, 4.69) is 34.7 Å². The molecule has 1 aromatic heterocycles. The molecule has 0 radical (unpaired) electrons. The zero-order valence-electron chi connectivity index (χ0n) is 14.7. The molecule has 0 bridgehead atoms. The van der Waals surface area contributed by atoms with Crippen molar-refractivity contribution in [2.75, 3.05) is 11.9 Å². The van der Waals surface area contributed by atoms with Gasteiger partial charge in [-0.3, -0.25) is 10.4 Å². The Bertz CT molecular complexity index is 534. The van der Waals surface area contributed by atoms with Crippen LogP contribution in [0.15, 0.2) is 6.20 Å². The maximum atomic E-state index is 11.9. The molecule has 1 aliphatic rings. The summed E-state index contributed by atoms with van der Waals surface area (Å²) < 4.78 is 11.0. The molecule has 0 spiro atoms. The molecule has 7 nitrogen and oxygen atoms in total. The number of anilines is 1. The van der Waals surface area contributed by atoms with Gasteiger partial charge in [0.05, 0.1) is 11.8 Å². The summed E-state index contributed by atoms with van der Waals surface area (Å²) in [4.78, 5) is 11.9. The van der Waals surface area contributed by atoms with Crippen LogP contribution < -0.4 is 10.6 Å². The minimum atomic E-state index is -0.532. The maximum Gasteiger partial charge on any atom is 0.413 e. The Morgan fingerprint density at radius 2 is 2.26 bits per heavy atom. The van der Waals surface area contributed by atoms with Gasteiger partial charge in [-0.25, -0.2) is 4.79 Å². The van der Waals surface area contributed by atoms with E-state index >= 15 is 0 Å². The van der Waals surface area contributed by atoms with E-state index in [9.17, 15) is 4.79 Å². The Hall–Kier alpha value is -1.60. The fraction of sp³-hybridized carbons (Fsp3) is 0.750. The van der Waals surface area contributed by atoms with E-state index in [0.717, 1.165) is 25.0 Å². The first kappa shape index (κ1) is 17.7. The summed E-state index contributed by atoms with van der Waals surface area (Å²) in [5, 5.41) is 13.0. The monoisotopic (exact) mass is 324 g/mol. The Kier molecular flexibility index (Phi) is 5.31. The lowest BCUT2D eigenvalue weighted by molar-refractivity contribution is -0.0630. The van der Waals surface area contributed by atoms with Crippen LogP contribution in [0.2, 0.25) is 0 Å². The van der Waals surface area contributed by atoms with Gasteiger partial charge in [-0.2, -0.15) is 5.10 Å². The summed E-state index contributed by atoms with van der Waals surface area (Å²) in [6, 6.07) is 0.392. The second-order valence-corrected chi connectivity index (χ2v) is 7.58. The van der Waals surface area contributed by atoms with Crippen molar-refractivity contribution in [2.24, 2.45) is 0 Å². The highest BCUT2D eigenvalue weighted by atomic mass is 16.6. The van der Waals surface area contributed by atoms with Gasteiger partial charge in [0.1, 0.15) is 11.4 Å². The number of hydrogen-bond acceptors (Lipinski definition) is 5. The van der Waals surface area contributed by atoms with Crippen molar-refractivity contribution in [3.05, 3.63) is 11.8 Å². The largest absolute Gasteiger partial charge is 0.444 e. The lowest BCUT2D eigenvalue weighted by Gasteiger charge is -2.36. The van der Waals surface area contributed by atoms with Crippen molar-refractivity contribution in [3.8, 4) is 0 Å². The zero-order chi connectivity index (χ0) is 17.1. The quantitative estimate of drug-likeness (QED) is 0.792. The second-order valence-electron chi connectivity index (χ2n) is 7.58. The SMILES string of the molecule is CC(C)(C)OC(=O)Nc1[nH]ncc1CNC1CCOC(C)(C)C1. The smallest absolute Gasteiger partial charge is 0.413 e. The Morgan fingerprint density at radius 3 is 2.91 bits per heavy atom. The molecule has 1 saturated heterocycles. The molecule has 1 unspecified atom stereocenters. The topological polar surface area (TPSA) is 88.3 Å². The first-order chi connectivity index (χ1) is 10.6. The fourth-order valence-corrected chi connectivity index (χ4v) is 2.62. The third-order valence-electron chi connectivity index (χ3n) is 3.62. The molecule has 1 aliphatic heterocycles. The van der Waals surface area contributed by atoms with Gasteiger partial charge in [0.2, 0.25) is 0 Å². The van der Waals surface area contributed by atoms with Crippen molar-refractivity contribution >= 4 is 11.9 Å². The van der Waals surface area contributed by atoms with E-state index in [-0.39, 0.29) is 5.60 Å². The lowest BCUT2D eigenvalue weighted by Crippen LogP contribution is -2.43. The Balaban J connectivity index is 1.87. The van der Waals surface area contributed by atoms with Gasteiger partial charge in [0.25, 0.3) is 0 Å². The number of hydrogen-bond donors (Lipinski definition) is 3. The fourth-order valence-electron chi connectivity index (χ4n) is 2.62. The molecule has 1 fully saturated rings. The van der Waals surface area contributed by atoms with E-state index in [1.54, 1.807) is 6.20 Å². The molecule has 0 aliphatic carbocycles. The molecule has 7 heteroatoms. The summed E-state index contributed by atoms with van der Waals surface area (Å²) in [5.74, 6) is 0.568. The summed E-state index contributed by atoms with van der Waals surface area (Å²) in [7, 11) is 0. The number of aromatic amines is 1. The summed E-state index contributed by atoms with van der Waals surface area (Å²) >= 11 is 0. The van der Waals surface area contributed by atoms with Gasteiger partial charge in [0.15, 0.2) is 0 Å². The number of nitrogens with one attached hydrogen (secondary N) is 3. The van der Waals surface area contributed by atoms with Gasteiger partial charge < -0.3 is 14.8 Å². The third-order valence-corrected chi connectivity index (χ3v) is 3.62. The average Bonchev–Trinajstić information content (AvgIpc) is 2.80. The van der Waals surface area contributed by atoms with Gasteiger partial charge in [0, 0.05) is 24.8 Å². The molecular formula is C16H28N4O3. The van der Waals surface area contributed by atoms with Gasteiger partial charge >= 0.3 is 6.09 Å². The minimum absolute atomic E-state index is 0.0933. The second kappa shape index (κ2) is 6.88. The lowest BCUT2D eigenvalue weighted by atomic mass is 9.94. The van der Waals surface area contributed by atoms with Crippen molar-refractivity contribution in [1.82, 2.24) is 15.5 Å². The van der Waals surface area contributed by atoms with Gasteiger partial charge in [-0.1, -0.05) is 0 Å². The normalized spacial score (nSPS) is 21.0. The van der Waals surface area contributed by atoms with Gasteiger partial charge in [-0.15, -0.1) is 0 Å². The molecule has 2 rings (SSSR count). The molecule has 2 heterocycles. The standard InChI is InChI=1S/C16H28N4O3/c1-15(2,3)23-14(21)19-13-11(10-18-20-13)9-17-12-6-7-22-16(4,5)8-12/h10,12,17H,6-9H2,1-5H3,(H2,18,19,20,21). The first-order valence-corrected chi connectivity index (χ1v) is 8.04. The number of nitrogens with zero attached hydrogens (tertiary/aromatic N) is 1. The van der Waals surface area contributed by atoms with Crippen molar-refractivity contribution < 1.29 is 14.3 Å². The van der Waals surface area contributed by atoms with Crippen LogP contribution in [-0.2, 0) is 16.0 Å². The van der Waals surface area contributed by atoms with Crippen LogP contribution in [0, 0.1) is 0 Å². The molecule has 0 saturated carbocycles. The highest BCUT2D eigenvalue weighted by Crippen LogP contribution is 2.24. The molecule has 23 heavy (non-hydrogen) atoms. The summed E-state index contributed by atoms with van der Waals surface area (Å²) in [6.45, 7) is 11.1. The maximum absolute atomic E-state index is 11.9. The van der Waals surface area contributed by atoms with Crippen LogP contribution in [0.25, 0.3) is 0 Å². The van der Waals surface area contributed by atoms with Gasteiger partial charge in [-0.05, 0) is 47.5 Å². The van der Waals surface area contributed by atoms with Crippen LogP contribution >= 0.6 is 0 Å². The summed E-state index contributed by atoms with van der Waals surface area (Å²) in [6.07, 6.45) is 3.16. The van der Waals surface area contributed by atoms with E-state index in [1.807, 2.05) is 20.8 Å². The van der Waals surface area contributed by atoms with E-state index in [4.69, 9.17) is 9.47 Å². The molecule has 1 aromatic rings. The zero-order valence-corrected chi connectivity index (χ0v) is 14.7. The number of rotatable bonds is 4. The minimum Gasteiger partial charge on any atom is -0.444 e. The number of carbonyl (C=O) groups is 1. The number of carbonyl (C=O) groups excluding carboxylic acids is 1. The van der Waals surface area contributed by atoms with Crippen LogP contribution in [0.1, 0.15) is 53.0 Å². The highest BCUT2D eigenvalue weighted by molar-refractivity contribution is 5.84. The van der Waals surface area contributed by atoms with Crippen molar-refractivity contribution in [2.45, 2.75) is 71.2 Å². The number of aromatic nitrogens is 2. The van der Waals surface area contributed by atoms with Crippen LogP contribution in [0.5, 0.6) is 0 Å². The van der Waals surface area contributed by atoms with E-state index < -0.39 is 11.7 Å². The number of H-pyrrole nitrogens is 1. The Labute approximate surface area is 137 Å². The Morgan fingerprint density at radius 1 is 1.52 bits per heavy atom. The number of amides is 1. The average molecular weight is 324 g/mol. The molecule has 0 aromatic carbocycles. The molecule has 130 valence electrons. The third kappa shape index (κ3) is 5.84. The van der Waals surface area contributed by atoms with Crippen LogP contribution in [0.3, 0.4) is 0 Å². The predicted molar refractivity (Wildman–Crippen MR) is 88.3 cm³/mol. The number of ether oxygens (including phenoxy) is 2. The molecule has 3 N–H and O–H groups in total. The van der Waals surface area contributed by atoms with Crippen molar-refractivity contribution in [3.63, 3.8) is 0 Å². The highest BCUT2D eigenvalue weighted by Gasteiger charge is 2.28. The summed E-state index contributed by atoms with van der Waals surface area (Å²) in [5.41, 5.74) is 0.278. The molecule has 1 amide bonds. The van der Waals surface area contributed by atoms with Crippen molar-refractivity contribution in [1.29, 1.82) is 0 Å². The molecule has 1 atom stereocenters. The van der Waals surface area contributed by atoms with E-state index in [1.165, 1.54) is 0 Å². The molecular weight excluding hydrogens is 296 g/mol. The predicted octanol–water partition coefficient (Wildman–Crippen LogP) is 2.80.